The van der Waals surface area contributed by atoms with E-state index in [1.54, 1.807) is 22.8 Å². The molecule has 2 aromatic carbocycles. The largest absolute Gasteiger partial charge is 0.454 e. The van der Waals surface area contributed by atoms with E-state index in [1.165, 1.54) is 11.3 Å². The summed E-state index contributed by atoms with van der Waals surface area (Å²) < 4.78 is 12.4. The summed E-state index contributed by atoms with van der Waals surface area (Å²) in [5.41, 5.74) is 1.40. The Hall–Kier alpha value is -3.83. The Morgan fingerprint density at radius 2 is 1.80 bits per heavy atom. The van der Waals surface area contributed by atoms with Crippen molar-refractivity contribution in [1.29, 1.82) is 0 Å². The second-order valence-corrected chi connectivity index (χ2v) is 11.3. The second-order valence-electron chi connectivity index (χ2n) is 9.36. The number of amides is 3. The lowest BCUT2D eigenvalue weighted by molar-refractivity contribution is -0.117. The zero-order valence-corrected chi connectivity index (χ0v) is 23.9. The monoisotopic (exact) mass is 578 g/mol. The van der Waals surface area contributed by atoms with Crippen LogP contribution in [0.1, 0.15) is 45.6 Å². The van der Waals surface area contributed by atoms with E-state index in [0.717, 1.165) is 47.9 Å². The third-order valence-corrected chi connectivity index (χ3v) is 8.48. The van der Waals surface area contributed by atoms with Crippen LogP contribution in [0.2, 0.25) is 0 Å². The maximum absolute atomic E-state index is 13.8. The fourth-order valence-corrected chi connectivity index (χ4v) is 6.59. The van der Waals surface area contributed by atoms with E-state index >= 15 is 0 Å². The first-order valence-corrected chi connectivity index (χ1v) is 15.0. The van der Waals surface area contributed by atoms with Crippen LogP contribution in [-0.2, 0) is 4.79 Å². The molecular formula is C29H30N4O5S2. The van der Waals surface area contributed by atoms with Gasteiger partial charge in [0.1, 0.15) is 4.83 Å². The summed E-state index contributed by atoms with van der Waals surface area (Å²) in [6.45, 7) is 4.32. The van der Waals surface area contributed by atoms with Gasteiger partial charge in [0.2, 0.25) is 12.7 Å². The lowest BCUT2D eigenvalue weighted by Crippen LogP contribution is -2.35. The Morgan fingerprint density at radius 3 is 2.55 bits per heavy atom. The van der Waals surface area contributed by atoms with Gasteiger partial charge in [-0.3, -0.25) is 19.5 Å². The van der Waals surface area contributed by atoms with Gasteiger partial charge in [-0.2, -0.15) is 0 Å². The summed E-state index contributed by atoms with van der Waals surface area (Å²) in [4.78, 5) is 45.5. The van der Waals surface area contributed by atoms with Gasteiger partial charge in [0.15, 0.2) is 16.7 Å². The van der Waals surface area contributed by atoms with Gasteiger partial charge >= 0.3 is 6.03 Å². The summed E-state index contributed by atoms with van der Waals surface area (Å²) in [5.74, 6) is 0.550. The number of nitrogens with one attached hydrogen (secondary N) is 2. The van der Waals surface area contributed by atoms with E-state index in [9.17, 15) is 14.4 Å². The fourth-order valence-electron chi connectivity index (χ4n) is 4.64. The molecule has 1 aliphatic rings. The molecule has 0 radical (unpaired) electrons. The van der Waals surface area contributed by atoms with Gasteiger partial charge in [-0.05, 0) is 36.6 Å². The van der Waals surface area contributed by atoms with Crippen molar-refractivity contribution in [3.8, 4) is 21.9 Å². The minimum atomic E-state index is -0.661. The number of imide groups is 1. The molecule has 0 fully saturated rings. The second kappa shape index (κ2) is 12.6. The Bertz CT molecular complexity index is 1580. The number of carbonyl (C=O) groups is 2. The van der Waals surface area contributed by atoms with Crippen LogP contribution in [0.3, 0.4) is 0 Å². The first-order valence-electron chi connectivity index (χ1n) is 13.2. The highest BCUT2D eigenvalue weighted by atomic mass is 32.2. The van der Waals surface area contributed by atoms with Crippen molar-refractivity contribution in [3.05, 3.63) is 65.0 Å². The van der Waals surface area contributed by atoms with Crippen LogP contribution in [0.5, 0.6) is 11.5 Å². The molecule has 0 saturated heterocycles. The average molecular weight is 579 g/mol. The predicted octanol–water partition coefficient (Wildman–Crippen LogP) is 6.44. The van der Waals surface area contributed by atoms with E-state index in [0.29, 0.717) is 32.6 Å². The highest BCUT2D eigenvalue weighted by molar-refractivity contribution is 7.99. The summed E-state index contributed by atoms with van der Waals surface area (Å²) in [6, 6.07) is 16.1. The number of carbonyl (C=O) groups excluding carboxylic acids is 2. The molecule has 2 N–H and O–H groups in total. The molecule has 5 rings (SSSR count). The van der Waals surface area contributed by atoms with E-state index in [4.69, 9.17) is 14.5 Å². The topological polar surface area (TPSA) is 112 Å². The quantitative estimate of drug-likeness (QED) is 0.165. The van der Waals surface area contributed by atoms with Gasteiger partial charge < -0.3 is 14.8 Å². The summed E-state index contributed by atoms with van der Waals surface area (Å²) in [7, 11) is 0. The number of ether oxygens (including phenoxy) is 2. The Kier molecular flexibility index (Phi) is 8.71. The molecular weight excluding hydrogens is 548 g/mol. The molecule has 0 unspecified atom stereocenters. The molecule has 11 heteroatoms. The Morgan fingerprint density at radius 1 is 1.05 bits per heavy atom. The maximum atomic E-state index is 13.8. The smallest absolute Gasteiger partial charge is 0.325 e. The summed E-state index contributed by atoms with van der Waals surface area (Å²) in [6.07, 6.45) is 3.49. The van der Waals surface area contributed by atoms with E-state index in [2.05, 4.69) is 24.5 Å². The number of rotatable bonds is 10. The van der Waals surface area contributed by atoms with Gasteiger partial charge in [0.05, 0.1) is 11.1 Å². The molecule has 0 spiro atoms. The molecule has 3 amide bonds. The lowest BCUT2D eigenvalue weighted by atomic mass is 10.1. The lowest BCUT2D eigenvalue weighted by Gasteiger charge is -2.21. The van der Waals surface area contributed by atoms with Crippen LogP contribution in [-0.4, -0.2) is 34.0 Å². The normalized spacial score (nSPS) is 12.2. The zero-order valence-electron chi connectivity index (χ0n) is 22.3. The molecule has 2 aromatic heterocycles. The van der Waals surface area contributed by atoms with Crippen LogP contribution in [0.15, 0.2) is 64.5 Å². The van der Waals surface area contributed by atoms with Gasteiger partial charge in [0.25, 0.3) is 5.56 Å². The van der Waals surface area contributed by atoms with Crippen molar-refractivity contribution in [2.45, 2.75) is 50.7 Å². The molecule has 40 heavy (non-hydrogen) atoms. The number of anilines is 1. The maximum Gasteiger partial charge on any atom is 0.325 e. The fraction of sp³-hybridized carbons (Fsp3) is 0.310. The average Bonchev–Trinajstić information content (AvgIpc) is 3.59. The van der Waals surface area contributed by atoms with Gasteiger partial charge in [-0.1, -0.05) is 68.8 Å². The van der Waals surface area contributed by atoms with Crippen LogP contribution in [0.25, 0.3) is 20.7 Å². The Balaban J connectivity index is 1.36. The number of thioether (sulfide) groups is 1. The van der Waals surface area contributed by atoms with Crippen molar-refractivity contribution < 1.29 is 19.1 Å². The van der Waals surface area contributed by atoms with Crippen LogP contribution in [0.4, 0.5) is 10.5 Å². The summed E-state index contributed by atoms with van der Waals surface area (Å²) in [5, 5.41) is 6.04. The van der Waals surface area contributed by atoms with Crippen LogP contribution in [0, 0.1) is 0 Å². The molecule has 4 aromatic rings. The first-order chi connectivity index (χ1) is 19.5. The van der Waals surface area contributed by atoms with Crippen molar-refractivity contribution in [2.75, 3.05) is 17.9 Å². The van der Waals surface area contributed by atoms with Crippen molar-refractivity contribution >= 4 is 50.9 Å². The number of hydrogen-bond acceptors (Lipinski definition) is 8. The molecule has 1 aliphatic heterocycles. The Labute approximate surface area is 239 Å². The van der Waals surface area contributed by atoms with E-state index < -0.39 is 11.9 Å². The standard InChI is InChI=1S/C29H30N4O5S2/c1-3-8-20(9-4-2)33-27(35)21-15-24(18-10-6-5-7-11-18)40-26(21)32-29(33)39-16-25(34)31-28(36)30-19-12-13-22-23(14-19)38-17-37-22/h5-7,10-15,20H,3-4,8-9,16-17H2,1-2H3,(H2,30,31,34,36). The SMILES string of the molecule is CCCC(CCC)n1c(SCC(=O)NC(=O)Nc2ccc3c(c2)OCO3)nc2sc(-c3ccccc3)cc2c1=O. The molecule has 0 atom stereocenters. The number of hydrogen-bond donors (Lipinski definition) is 2. The van der Waals surface area contributed by atoms with E-state index in [-0.39, 0.29) is 24.1 Å². The zero-order chi connectivity index (χ0) is 28.1. The molecule has 9 nitrogen and oxygen atoms in total. The van der Waals surface area contributed by atoms with Gasteiger partial charge in [0, 0.05) is 22.7 Å². The van der Waals surface area contributed by atoms with Gasteiger partial charge in [-0.25, -0.2) is 9.78 Å². The van der Waals surface area contributed by atoms with Gasteiger partial charge in [-0.15, -0.1) is 11.3 Å². The number of benzene rings is 2. The van der Waals surface area contributed by atoms with Crippen molar-refractivity contribution in [2.24, 2.45) is 0 Å². The summed E-state index contributed by atoms with van der Waals surface area (Å²) >= 11 is 2.62. The first kappa shape index (κ1) is 27.7. The number of urea groups is 1. The molecule has 0 bridgehead atoms. The highest BCUT2D eigenvalue weighted by Gasteiger charge is 2.22. The molecule has 3 heterocycles. The van der Waals surface area contributed by atoms with Crippen molar-refractivity contribution in [3.63, 3.8) is 0 Å². The number of thiophene rings is 1. The molecule has 0 saturated carbocycles. The predicted molar refractivity (Wildman–Crippen MR) is 159 cm³/mol. The van der Waals surface area contributed by atoms with Crippen molar-refractivity contribution in [1.82, 2.24) is 14.9 Å². The third kappa shape index (κ3) is 6.15. The molecule has 208 valence electrons. The minimum absolute atomic E-state index is 0.0284. The number of fused-ring (bicyclic) bond motifs is 2. The third-order valence-electron chi connectivity index (χ3n) is 6.45. The molecule has 0 aliphatic carbocycles. The number of aromatic nitrogens is 2. The number of nitrogens with zero attached hydrogens (tertiary/aromatic N) is 2. The highest BCUT2D eigenvalue weighted by Crippen LogP contribution is 2.35. The minimum Gasteiger partial charge on any atom is -0.454 e. The van der Waals surface area contributed by atoms with Crippen LogP contribution < -0.4 is 25.7 Å². The van der Waals surface area contributed by atoms with Crippen LogP contribution >= 0.6 is 23.1 Å². The van der Waals surface area contributed by atoms with E-state index in [1.807, 2.05) is 36.4 Å².